The van der Waals surface area contributed by atoms with Crippen molar-refractivity contribution < 1.29 is 5.11 Å². The summed E-state index contributed by atoms with van der Waals surface area (Å²) in [7, 11) is 0. The number of nitrogens with zero attached hydrogens (tertiary/aromatic N) is 1. The number of rotatable bonds is 1. The highest BCUT2D eigenvalue weighted by Crippen LogP contribution is 2.35. The van der Waals surface area contributed by atoms with E-state index in [4.69, 9.17) is 0 Å². The van der Waals surface area contributed by atoms with Crippen LogP contribution in [0.2, 0.25) is 0 Å². The Hall–Kier alpha value is -1.36. The summed E-state index contributed by atoms with van der Waals surface area (Å²) < 4.78 is 0.874. The summed E-state index contributed by atoms with van der Waals surface area (Å²) in [6.07, 6.45) is 0. The molecule has 0 bridgehead atoms. The number of hydrogen-bond donors (Lipinski definition) is 2. The fraction of sp³-hybridized carbons (Fsp3) is 0. The number of H-pyrrole nitrogens is 1. The quantitative estimate of drug-likeness (QED) is 0.753. The summed E-state index contributed by atoms with van der Waals surface area (Å²) in [5, 5.41) is 12.6. The van der Waals surface area contributed by atoms with E-state index < -0.39 is 0 Å². The lowest BCUT2D eigenvalue weighted by Crippen LogP contribution is -1.67. The molecule has 66 valence electrons. The minimum atomic E-state index is -0.192. The summed E-state index contributed by atoms with van der Waals surface area (Å²) >= 11 is 3.28. The van der Waals surface area contributed by atoms with E-state index in [1.165, 1.54) is 0 Å². The molecule has 1 aromatic carbocycles. The molecule has 4 nitrogen and oxygen atoms in total. The van der Waals surface area contributed by atoms with E-state index in [-0.39, 0.29) is 11.6 Å². The smallest absolute Gasteiger partial charge is 0.219 e. The Bertz CT molecular complexity index is 478. The molecule has 0 aliphatic rings. The van der Waals surface area contributed by atoms with E-state index in [9.17, 15) is 10.0 Å². The second-order valence-corrected chi connectivity index (χ2v) is 3.52. The van der Waals surface area contributed by atoms with Crippen molar-refractivity contribution in [2.45, 2.75) is 0 Å². The summed E-state index contributed by atoms with van der Waals surface area (Å²) in [5.74, 6) is -0.192. The number of benzene rings is 1. The van der Waals surface area contributed by atoms with Gasteiger partial charge >= 0.3 is 0 Å². The number of fused-ring (bicyclic) bond motifs is 1. The molecule has 2 N–H and O–H groups in total. The maximum absolute atomic E-state index is 10.3. The molecule has 0 saturated carbocycles. The van der Waals surface area contributed by atoms with Crippen LogP contribution in [0.5, 0.6) is 5.88 Å². The second-order valence-electron chi connectivity index (χ2n) is 2.60. The van der Waals surface area contributed by atoms with Crippen molar-refractivity contribution in [1.82, 2.24) is 4.98 Å². The van der Waals surface area contributed by atoms with Crippen molar-refractivity contribution in [3.63, 3.8) is 0 Å². The van der Waals surface area contributed by atoms with Gasteiger partial charge in [0.1, 0.15) is 0 Å². The maximum atomic E-state index is 10.3. The Morgan fingerprint density at radius 3 is 2.92 bits per heavy atom. The molecule has 0 spiro atoms. The van der Waals surface area contributed by atoms with Crippen molar-refractivity contribution in [3.05, 3.63) is 27.6 Å². The van der Waals surface area contributed by atoms with Gasteiger partial charge in [0, 0.05) is 9.86 Å². The Balaban J connectivity index is 2.86. The Morgan fingerprint density at radius 1 is 1.46 bits per heavy atom. The van der Waals surface area contributed by atoms with E-state index in [0.717, 1.165) is 4.47 Å². The molecule has 2 rings (SSSR count). The van der Waals surface area contributed by atoms with Gasteiger partial charge in [-0.15, -0.1) is 4.91 Å². The van der Waals surface area contributed by atoms with Crippen LogP contribution < -0.4 is 0 Å². The van der Waals surface area contributed by atoms with Crippen LogP contribution in [-0.2, 0) is 0 Å². The Kier molecular flexibility index (Phi) is 1.81. The molecular formula is C8H5BrN2O2. The minimum absolute atomic E-state index is 0.0579. The van der Waals surface area contributed by atoms with Gasteiger partial charge in [0.05, 0.1) is 5.52 Å². The summed E-state index contributed by atoms with van der Waals surface area (Å²) in [6, 6.07) is 5.26. The molecule has 0 fully saturated rings. The van der Waals surface area contributed by atoms with Gasteiger partial charge < -0.3 is 10.1 Å². The molecule has 1 heterocycles. The highest BCUT2D eigenvalue weighted by molar-refractivity contribution is 9.10. The molecule has 2 aromatic rings. The average molecular weight is 241 g/mol. The molecule has 0 atom stereocenters. The van der Waals surface area contributed by atoms with Crippen molar-refractivity contribution >= 4 is 32.5 Å². The van der Waals surface area contributed by atoms with Gasteiger partial charge in [0.2, 0.25) is 5.88 Å². The molecule has 0 radical (unpaired) electrons. The lowest BCUT2D eigenvalue weighted by Gasteiger charge is -1.89. The van der Waals surface area contributed by atoms with Crippen LogP contribution in [0.15, 0.2) is 27.8 Å². The highest BCUT2D eigenvalue weighted by Gasteiger charge is 2.10. The van der Waals surface area contributed by atoms with Crippen molar-refractivity contribution in [2.24, 2.45) is 5.18 Å². The van der Waals surface area contributed by atoms with Crippen LogP contribution >= 0.6 is 15.9 Å². The van der Waals surface area contributed by atoms with Crippen molar-refractivity contribution in [3.8, 4) is 5.88 Å². The fourth-order valence-electron chi connectivity index (χ4n) is 1.23. The number of nitroso groups, excluding NO2 is 1. The van der Waals surface area contributed by atoms with Gasteiger partial charge in [-0.05, 0) is 23.4 Å². The van der Waals surface area contributed by atoms with Gasteiger partial charge in [0.25, 0.3) is 0 Å². The Labute approximate surface area is 81.7 Å². The van der Waals surface area contributed by atoms with Crippen LogP contribution in [0.4, 0.5) is 5.69 Å². The molecule has 0 aliphatic carbocycles. The zero-order valence-electron chi connectivity index (χ0n) is 6.41. The molecule has 0 amide bonds. The number of nitrogens with one attached hydrogen (secondary N) is 1. The normalized spacial score (nSPS) is 10.5. The van der Waals surface area contributed by atoms with E-state index in [2.05, 4.69) is 26.1 Å². The van der Waals surface area contributed by atoms with Gasteiger partial charge in [0.15, 0.2) is 5.69 Å². The molecular weight excluding hydrogens is 236 g/mol. The first-order chi connectivity index (χ1) is 6.22. The van der Waals surface area contributed by atoms with Gasteiger partial charge in [-0.3, -0.25) is 0 Å². The van der Waals surface area contributed by atoms with Crippen molar-refractivity contribution in [1.29, 1.82) is 0 Å². The fourth-order valence-corrected chi connectivity index (χ4v) is 1.59. The number of aromatic hydroxyl groups is 1. The number of aromatic nitrogens is 1. The van der Waals surface area contributed by atoms with Crippen LogP contribution in [0.1, 0.15) is 0 Å². The largest absolute Gasteiger partial charge is 0.493 e. The molecule has 0 aliphatic heterocycles. The lowest BCUT2D eigenvalue weighted by molar-refractivity contribution is 0.460. The maximum Gasteiger partial charge on any atom is 0.219 e. The molecule has 1 aromatic heterocycles. The minimum Gasteiger partial charge on any atom is -0.493 e. The van der Waals surface area contributed by atoms with Gasteiger partial charge in [-0.1, -0.05) is 15.9 Å². The third-order valence-electron chi connectivity index (χ3n) is 1.81. The topological polar surface area (TPSA) is 65.4 Å². The zero-order valence-corrected chi connectivity index (χ0v) is 8.00. The SMILES string of the molecule is O=Nc1c(O)[nH]c2cc(Br)ccc12. The first-order valence-corrected chi connectivity index (χ1v) is 4.35. The summed E-state index contributed by atoms with van der Waals surface area (Å²) in [4.78, 5) is 13.0. The van der Waals surface area contributed by atoms with E-state index >= 15 is 0 Å². The third-order valence-corrected chi connectivity index (χ3v) is 2.30. The number of halogens is 1. The van der Waals surface area contributed by atoms with Gasteiger partial charge in [-0.2, -0.15) is 0 Å². The van der Waals surface area contributed by atoms with Crippen LogP contribution in [0, 0.1) is 4.91 Å². The molecule has 13 heavy (non-hydrogen) atoms. The Morgan fingerprint density at radius 2 is 2.23 bits per heavy atom. The second kappa shape index (κ2) is 2.85. The third kappa shape index (κ3) is 1.21. The first-order valence-electron chi connectivity index (χ1n) is 3.56. The van der Waals surface area contributed by atoms with E-state index in [1.54, 1.807) is 18.2 Å². The molecule has 0 unspecified atom stereocenters. The number of aromatic amines is 1. The first kappa shape index (κ1) is 8.25. The monoisotopic (exact) mass is 240 g/mol. The van der Waals surface area contributed by atoms with Crippen LogP contribution in [-0.4, -0.2) is 10.1 Å². The summed E-state index contributed by atoms with van der Waals surface area (Å²) in [5.41, 5.74) is 0.740. The van der Waals surface area contributed by atoms with Crippen molar-refractivity contribution in [2.75, 3.05) is 0 Å². The van der Waals surface area contributed by atoms with Crippen LogP contribution in [0.25, 0.3) is 10.9 Å². The lowest BCUT2D eigenvalue weighted by atomic mass is 10.2. The van der Waals surface area contributed by atoms with Gasteiger partial charge in [-0.25, -0.2) is 0 Å². The predicted molar refractivity (Wildman–Crippen MR) is 53.1 cm³/mol. The standard InChI is InChI=1S/C8H5BrN2O2/c9-4-1-2-5-6(3-4)10-8(12)7(5)11-13/h1-3,10,12H. The molecule has 5 heteroatoms. The van der Waals surface area contributed by atoms with Crippen LogP contribution in [0.3, 0.4) is 0 Å². The van der Waals surface area contributed by atoms with E-state index in [0.29, 0.717) is 10.9 Å². The summed E-state index contributed by atoms with van der Waals surface area (Å²) in [6.45, 7) is 0. The van der Waals surface area contributed by atoms with E-state index in [1.807, 2.05) is 0 Å². The molecule has 0 saturated heterocycles. The zero-order chi connectivity index (χ0) is 9.42. The highest BCUT2D eigenvalue weighted by atomic mass is 79.9. The number of hydrogen-bond acceptors (Lipinski definition) is 3. The predicted octanol–water partition coefficient (Wildman–Crippen LogP) is 3.03. The average Bonchev–Trinajstić information content (AvgIpc) is 2.39.